The zero-order valence-corrected chi connectivity index (χ0v) is 14.3. The fourth-order valence-electron chi connectivity index (χ4n) is 2.68. The summed E-state index contributed by atoms with van der Waals surface area (Å²) in [6.07, 6.45) is 4.09. The Morgan fingerprint density at radius 1 is 1.15 bits per heavy atom. The molecule has 0 spiro atoms. The number of piperazine rings is 1. The second-order valence-corrected chi connectivity index (χ2v) is 5.69. The predicted octanol–water partition coefficient (Wildman–Crippen LogP) is 0.746. The summed E-state index contributed by atoms with van der Waals surface area (Å²) in [5.74, 6) is -0.0235. The Bertz CT molecular complexity index is 844. The molecule has 2 amide bonds. The molecule has 136 valence electrons. The first-order valence-corrected chi connectivity index (χ1v) is 8.31. The van der Waals surface area contributed by atoms with Crippen molar-refractivity contribution in [3.63, 3.8) is 0 Å². The molecule has 1 N–H and O–H groups in total. The highest BCUT2D eigenvalue weighted by Crippen LogP contribution is 2.12. The molecule has 0 atom stereocenters. The summed E-state index contributed by atoms with van der Waals surface area (Å²) in [7, 11) is 0. The summed E-state index contributed by atoms with van der Waals surface area (Å²) in [5, 5.41) is 0. The van der Waals surface area contributed by atoms with Gasteiger partial charge >= 0.3 is 6.09 Å². The van der Waals surface area contributed by atoms with Crippen LogP contribution in [0.4, 0.5) is 4.79 Å². The first-order chi connectivity index (χ1) is 12.6. The molecule has 1 saturated heterocycles. The van der Waals surface area contributed by atoms with Crippen LogP contribution in [-0.4, -0.2) is 69.5 Å². The molecule has 0 aliphatic carbocycles. The number of aromatic nitrogens is 3. The molecule has 1 aliphatic rings. The van der Waals surface area contributed by atoms with Gasteiger partial charge in [-0.3, -0.25) is 14.6 Å². The summed E-state index contributed by atoms with van der Waals surface area (Å²) in [6.45, 7) is 3.46. The van der Waals surface area contributed by atoms with Crippen molar-refractivity contribution >= 4 is 12.0 Å². The Morgan fingerprint density at radius 2 is 1.81 bits per heavy atom. The van der Waals surface area contributed by atoms with Crippen molar-refractivity contribution in [3.05, 3.63) is 46.6 Å². The summed E-state index contributed by atoms with van der Waals surface area (Å²) in [4.78, 5) is 50.4. The van der Waals surface area contributed by atoms with E-state index in [1.807, 2.05) is 0 Å². The topological polar surface area (TPSA) is 108 Å². The summed E-state index contributed by atoms with van der Waals surface area (Å²) < 4.78 is 4.95. The first kappa shape index (κ1) is 17.6. The van der Waals surface area contributed by atoms with Gasteiger partial charge in [-0.1, -0.05) is 0 Å². The fourth-order valence-corrected chi connectivity index (χ4v) is 2.68. The second-order valence-electron chi connectivity index (χ2n) is 5.69. The Kier molecular flexibility index (Phi) is 5.26. The standard InChI is InChI=1S/C17H19N5O4/c1-2-26-17(25)22-9-7-21(8-10-22)16(24)13-11-19-14(20-15(13)23)12-3-5-18-6-4-12/h3-6,11H,2,7-10H2,1H3,(H,19,20,23). The lowest BCUT2D eigenvalue weighted by molar-refractivity contribution is 0.0568. The number of aromatic amines is 1. The van der Waals surface area contributed by atoms with Gasteiger partial charge in [-0.15, -0.1) is 0 Å². The summed E-state index contributed by atoms with van der Waals surface area (Å²) in [6, 6.07) is 3.43. The third-order valence-corrected chi connectivity index (χ3v) is 4.08. The van der Waals surface area contributed by atoms with E-state index in [0.717, 1.165) is 0 Å². The molecule has 3 rings (SSSR count). The Hall–Kier alpha value is -3.23. The third kappa shape index (κ3) is 3.71. The van der Waals surface area contributed by atoms with E-state index >= 15 is 0 Å². The van der Waals surface area contributed by atoms with Crippen molar-refractivity contribution in [1.82, 2.24) is 24.8 Å². The SMILES string of the molecule is CCOC(=O)N1CCN(C(=O)c2cnc(-c3ccncc3)[nH]c2=O)CC1. The minimum Gasteiger partial charge on any atom is -0.450 e. The van der Waals surface area contributed by atoms with Gasteiger partial charge in [0, 0.05) is 50.3 Å². The van der Waals surface area contributed by atoms with Gasteiger partial charge in [0.05, 0.1) is 6.61 Å². The average molecular weight is 357 g/mol. The van der Waals surface area contributed by atoms with Crippen LogP contribution in [0.5, 0.6) is 0 Å². The number of amides is 2. The van der Waals surface area contributed by atoms with Gasteiger partial charge in [0.25, 0.3) is 11.5 Å². The lowest BCUT2D eigenvalue weighted by atomic mass is 10.2. The maximum Gasteiger partial charge on any atom is 0.409 e. The lowest BCUT2D eigenvalue weighted by Crippen LogP contribution is -2.51. The summed E-state index contributed by atoms with van der Waals surface area (Å²) >= 11 is 0. The molecule has 0 saturated carbocycles. The number of H-pyrrole nitrogens is 1. The number of hydrogen-bond acceptors (Lipinski definition) is 6. The highest BCUT2D eigenvalue weighted by atomic mass is 16.6. The van der Waals surface area contributed by atoms with Gasteiger partial charge in [-0.2, -0.15) is 0 Å². The van der Waals surface area contributed by atoms with E-state index in [1.165, 1.54) is 11.1 Å². The van der Waals surface area contributed by atoms with E-state index in [9.17, 15) is 14.4 Å². The van der Waals surface area contributed by atoms with Gasteiger partial charge < -0.3 is 19.5 Å². The monoisotopic (exact) mass is 357 g/mol. The van der Waals surface area contributed by atoms with Crippen LogP contribution >= 0.6 is 0 Å². The molecule has 26 heavy (non-hydrogen) atoms. The second kappa shape index (κ2) is 7.77. The first-order valence-electron chi connectivity index (χ1n) is 8.31. The van der Waals surface area contributed by atoms with Crippen LogP contribution in [0.1, 0.15) is 17.3 Å². The lowest BCUT2D eigenvalue weighted by Gasteiger charge is -2.33. The number of hydrogen-bond donors (Lipinski definition) is 1. The number of nitrogens with one attached hydrogen (secondary N) is 1. The number of ether oxygens (including phenoxy) is 1. The van der Waals surface area contributed by atoms with Gasteiger partial charge in [0.1, 0.15) is 11.4 Å². The molecule has 9 nitrogen and oxygen atoms in total. The van der Waals surface area contributed by atoms with Crippen molar-refractivity contribution in [3.8, 4) is 11.4 Å². The normalized spacial score (nSPS) is 14.2. The molecule has 0 unspecified atom stereocenters. The van der Waals surface area contributed by atoms with Crippen LogP contribution < -0.4 is 5.56 Å². The quantitative estimate of drug-likeness (QED) is 0.868. The highest BCUT2D eigenvalue weighted by molar-refractivity contribution is 5.93. The number of rotatable bonds is 3. The molecule has 9 heteroatoms. The predicted molar refractivity (Wildman–Crippen MR) is 92.6 cm³/mol. The average Bonchev–Trinajstić information content (AvgIpc) is 2.68. The van der Waals surface area contributed by atoms with Crippen molar-refractivity contribution in [2.24, 2.45) is 0 Å². The van der Waals surface area contributed by atoms with Gasteiger partial charge in [-0.05, 0) is 19.1 Å². The van der Waals surface area contributed by atoms with Crippen molar-refractivity contribution in [1.29, 1.82) is 0 Å². The Labute approximate surface area is 149 Å². The van der Waals surface area contributed by atoms with E-state index < -0.39 is 11.5 Å². The maximum absolute atomic E-state index is 12.6. The van der Waals surface area contributed by atoms with E-state index in [1.54, 1.807) is 36.4 Å². The minimum atomic E-state index is -0.496. The van der Waals surface area contributed by atoms with Crippen LogP contribution in [0.25, 0.3) is 11.4 Å². The molecule has 0 aromatic carbocycles. The molecule has 0 bridgehead atoms. The van der Waals surface area contributed by atoms with E-state index in [2.05, 4.69) is 15.0 Å². The van der Waals surface area contributed by atoms with E-state index in [-0.39, 0.29) is 11.7 Å². The molecule has 1 aliphatic heterocycles. The number of carbonyl (C=O) groups is 2. The molecular weight excluding hydrogens is 338 g/mol. The van der Waals surface area contributed by atoms with Crippen LogP contribution in [0.15, 0.2) is 35.5 Å². The van der Waals surface area contributed by atoms with Crippen LogP contribution in [-0.2, 0) is 4.74 Å². The zero-order chi connectivity index (χ0) is 18.5. The highest BCUT2D eigenvalue weighted by Gasteiger charge is 2.27. The number of nitrogens with zero attached hydrogens (tertiary/aromatic N) is 4. The van der Waals surface area contributed by atoms with E-state index in [4.69, 9.17) is 4.74 Å². The molecular formula is C17H19N5O4. The fraction of sp³-hybridized carbons (Fsp3) is 0.353. The number of carbonyl (C=O) groups excluding carboxylic acids is 2. The third-order valence-electron chi connectivity index (χ3n) is 4.08. The Balaban J connectivity index is 1.69. The molecule has 1 fully saturated rings. The number of pyridine rings is 1. The van der Waals surface area contributed by atoms with Crippen molar-refractivity contribution < 1.29 is 14.3 Å². The van der Waals surface area contributed by atoms with Crippen LogP contribution in [0.3, 0.4) is 0 Å². The maximum atomic E-state index is 12.6. The molecule has 2 aromatic heterocycles. The smallest absolute Gasteiger partial charge is 0.409 e. The zero-order valence-electron chi connectivity index (χ0n) is 14.3. The van der Waals surface area contributed by atoms with Crippen LogP contribution in [0.2, 0.25) is 0 Å². The van der Waals surface area contributed by atoms with Gasteiger partial charge in [0.15, 0.2) is 0 Å². The Morgan fingerprint density at radius 3 is 2.42 bits per heavy atom. The molecule has 3 heterocycles. The van der Waals surface area contributed by atoms with E-state index in [0.29, 0.717) is 44.2 Å². The molecule has 0 radical (unpaired) electrons. The minimum absolute atomic E-state index is 0.0209. The van der Waals surface area contributed by atoms with Gasteiger partial charge in [-0.25, -0.2) is 9.78 Å². The van der Waals surface area contributed by atoms with Gasteiger partial charge in [0.2, 0.25) is 0 Å². The molecule has 2 aromatic rings. The largest absolute Gasteiger partial charge is 0.450 e. The van der Waals surface area contributed by atoms with Crippen molar-refractivity contribution in [2.45, 2.75) is 6.92 Å². The van der Waals surface area contributed by atoms with Crippen LogP contribution in [0, 0.1) is 0 Å². The van der Waals surface area contributed by atoms with Crippen molar-refractivity contribution in [2.75, 3.05) is 32.8 Å². The summed E-state index contributed by atoms with van der Waals surface area (Å²) in [5.41, 5.74) is 0.191.